The topological polar surface area (TPSA) is 63.7 Å². The van der Waals surface area contributed by atoms with Crippen LogP contribution >= 0.6 is 0 Å². The SMILES string of the molecule is Cc1ccc(OCCNC(=O)[C@H](c2cccnc2)N2CCOCC2)cc1C. The Kier molecular flexibility index (Phi) is 6.79. The number of nitrogens with zero attached hydrogens (tertiary/aromatic N) is 2. The zero-order valence-corrected chi connectivity index (χ0v) is 16.0. The Bertz CT molecular complexity index is 746. The molecule has 27 heavy (non-hydrogen) atoms. The van der Waals surface area contributed by atoms with E-state index in [-0.39, 0.29) is 11.9 Å². The molecule has 2 aromatic rings. The highest BCUT2D eigenvalue weighted by Crippen LogP contribution is 2.21. The Morgan fingerprint density at radius 1 is 1.26 bits per heavy atom. The smallest absolute Gasteiger partial charge is 0.242 e. The Labute approximate surface area is 160 Å². The van der Waals surface area contributed by atoms with Crippen LogP contribution in [0.5, 0.6) is 5.75 Å². The normalized spacial score (nSPS) is 15.9. The summed E-state index contributed by atoms with van der Waals surface area (Å²) < 4.78 is 11.2. The maximum Gasteiger partial charge on any atom is 0.242 e. The Morgan fingerprint density at radius 3 is 2.78 bits per heavy atom. The lowest BCUT2D eigenvalue weighted by atomic mass is 10.1. The van der Waals surface area contributed by atoms with E-state index in [1.807, 2.05) is 30.3 Å². The second-order valence-corrected chi connectivity index (χ2v) is 6.72. The van der Waals surface area contributed by atoms with Gasteiger partial charge in [0, 0.05) is 25.5 Å². The number of benzene rings is 1. The summed E-state index contributed by atoms with van der Waals surface area (Å²) in [5.74, 6) is 0.790. The summed E-state index contributed by atoms with van der Waals surface area (Å²) in [6.07, 6.45) is 3.47. The van der Waals surface area contributed by atoms with Crippen LogP contribution < -0.4 is 10.1 Å². The Balaban J connectivity index is 1.56. The molecule has 0 bridgehead atoms. The zero-order valence-electron chi connectivity index (χ0n) is 16.0. The second-order valence-electron chi connectivity index (χ2n) is 6.72. The monoisotopic (exact) mass is 369 g/mol. The van der Waals surface area contributed by atoms with Crippen molar-refractivity contribution in [2.45, 2.75) is 19.9 Å². The number of amides is 1. The third kappa shape index (κ3) is 5.28. The number of morpholine rings is 1. The lowest BCUT2D eigenvalue weighted by Crippen LogP contribution is -2.46. The molecule has 144 valence electrons. The van der Waals surface area contributed by atoms with Crippen LogP contribution in [0.1, 0.15) is 22.7 Å². The molecule has 1 aromatic heterocycles. The van der Waals surface area contributed by atoms with Gasteiger partial charge in [-0.15, -0.1) is 0 Å². The molecule has 1 aromatic carbocycles. The van der Waals surface area contributed by atoms with Gasteiger partial charge in [0.25, 0.3) is 0 Å². The van der Waals surface area contributed by atoms with Gasteiger partial charge in [-0.1, -0.05) is 12.1 Å². The fraction of sp³-hybridized carbons (Fsp3) is 0.429. The van der Waals surface area contributed by atoms with Crippen LogP contribution in [0.2, 0.25) is 0 Å². The molecule has 1 N–H and O–H groups in total. The highest BCUT2D eigenvalue weighted by molar-refractivity contribution is 5.83. The first-order chi connectivity index (χ1) is 13.1. The van der Waals surface area contributed by atoms with Gasteiger partial charge in [0.2, 0.25) is 5.91 Å². The molecule has 2 heterocycles. The quantitative estimate of drug-likeness (QED) is 0.759. The minimum atomic E-state index is -0.357. The largest absolute Gasteiger partial charge is 0.492 e. The van der Waals surface area contributed by atoms with Crippen LogP contribution in [0.25, 0.3) is 0 Å². The summed E-state index contributed by atoms with van der Waals surface area (Å²) >= 11 is 0. The van der Waals surface area contributed by atoms with E-state index in [2.05, 4.69) is 29.0 Å². The van der Waals surface area contributed by atoms with Gasteiger partial charge in [0.05, 0.1) is 19.8 Å². The van der Waals surface area contributed by atoms with Crippen LogP contribution in [0, 0.1) is 13.8 Å². The minimum Gasteiger partial charge on any atom is -0.492 e. The van der Waals surface area contributed by atoms with Gasteiger partial charge in [0.15, 0.2) is 0 Å². The molecule has 1 aliphatic heterocycles. The van der Waals surface area contributed by atoms with Crippen molar-refractivity contribution in [2.24, 2.45) is 0 Å². The number of rotatable bonds is 7. The summed E-state index contributed by atoms with van der Waals surface area (Å²) in [5.41, 5.74) is 3.33. The van der Waals surface area contributed by atoms with Crippen molar-refractivity contribution < 1.29 is 14.3 Å². The van der Waals surface area contributed by atoms with Crippen molar-refractivity contribution >= 4 is 5.91 Å². The number of hydrogen-bond donors (Lipinski definition) is 1. The van der Waals surface area contributed by atoms with Crippen molar-refractivity contribution in [1.29, 1.82) is 0 Å². The van der Waals surface area contributed by atoms with E-state index in [1.165, 1.54) is 11.1 Å². The Hall–Kier alpha value is -2.44. The molecular formula is C21H27N3O3. The summed E-state index contributed by atoms with van der Waals surface area (Å²) in [5, 5.41) is 3.00. The zero-order chi connectivity index (χ0) is 19.1. The first kappa shape index (κ1) is 19.3. The molecule has 0 spiro atoms. The summed E-state index contributed by atoms with van der Waals surface area (Å²) in [6.45, 7) is 7.75. The van der Waals surface area contributed by atoms with Gasteiger partial charge in [-0.05, 0) is 48.7 Å². The first-order valence-corrected chi connectivity index (χ1v) is 9.34. The lowest BCUT2D eigenvalue weighted by Gasteiger charge is -2.33. The molecule has 0 saturated carbocycles. The molecule has 3 rings (SSSR count). The summed E-state index contributed by atoms with van der Waals surface area (Å²) in [6, 6.07) is 9.46. The molecule has 6 nitrogen and oxygen atoms in total. The van der Waals surface area contributed by atoms with E-state index in [9.17, 15) is 4.79 Å². The van der Waals surface area contributed by atoms with E-state index in [0.29, 0.717) is 26.4 Å². The second kappa shape index (κ2) is 9.48. The molecule has 1 amide bonds. The third-order valence-corrected chi connectivity index (χ3v) is 4.81. The number of carbonyl (C=O) groups excluding carboxylic acids is 1. The fourth-order valence-electron chi connectivity index (χ4n) is 3.14. The molecular weight excluding hydrogens is 342 g/mol. The molecule has 0 aliphatic carbocycles. The standard InChI is InChI=1S/C21H27N3O3/c1-16-5-6-19(14-17(16)2)27-11-8-23-21(25)20(18-4-3-7-22-15-18)24-9-12-26-13-10-24/h3-7,14-15,20H,8-13H2,1-2H3,(H,23,25)/t20-/m0/s1. The van der Waals surface area contributed by atoms with Crippen molar-refractivity contribution in [3.63, 3.8) is 0 Å². The van der Waals surface area contributed by atoms with Crippen LogP contribution in [-0.4, -0.2) is 55.2 Å². The van der Waals surface area contributed by atoms with E-state index in [0.717, 1.165) is 24.4 Å². The van der Waals surface area contributed by atoms with Crippen LogP contribution in [0.4, 0.5) is 0 Å². The number of hydrogen-bond acceptors (Lipinski definition) is 5. The number of ether oxygens (including phenoxy) is 2. The molecule has 6 heteroatoms. The van der Waals surface area contributed by atoms with E-state index < -0.39 is 0 Å². The molecule has 0 radical (unpaired) electrons. The number of pyridine rings is 1. The van der Waals surface area contributed by atoms with Gasteiger partial charge in [0.1, 0.15) is 18.4 Å². The van der Waals surface area contributed by atoms with E-state index in [1.54, 1.807) is 12.4 Å². The van der Waals surface area contributed by atoms with Crippen LogP contribution in [0.3, 0.4) is 0 Å². The maximum absolute atomic E-state index is 12.9. The highest BCUT2D eigenvalue weighted by atomic mass is 16.5. The van der Waals surface area contributed by atoms with Crippen LogP contribution in [-0.2, 0) is 9.53 Å². The van der Waals surface area contributed by atoms with Crippen molar-refractivity contribution in [1.82, 2.24) is 15.2 Å². The number of aryl methyl sites for hydroxylation is 2. The molecule has 1 aliphatic rings. The summed E-state index contributed by atoms with van der Waals surface area (Å²) in [7, 11) is 0. The average molecular weight is 369 g/mol. The number of carbonyl (C=O) groups is 1. The number of nitrogens with one attached hydrogen (secondary N) is 1. The summed E-state index contributed by atoms with van der Waals surface area (Å²) in [4.78, 5) is 19.2. The van der Waals surface area contributed by atoms with Gasteiger partial charge < -0.3 is 14.8 Å². The molecule has 1 saturated heterocycles. The minimum absolute atomic E-state index is 0.0337. The van der Waals surface area contributed by atoms with Crippen LogP contribution in [0.15, 0.2) is 42.7 Å². The number of aromatic nitrogens is 1. The average Bonchev–Trinajstić information content (AvgIpc) is 2.70. The Morgan fingerprint density at radius 2 is 2.07 bits per heavy atom. The predicted octanol–water partition coefficient (Wildman–Crippen LogP) is 2.27. The maximum atomic E-state index is 12.9. The predicted molar refractivity (Wildman–Crippen MR) is 104 cm³/mol. The fourth-order valence-corrected chi connectivity index (χ4v) is 3.14. The molecule has 0 unspecified atom stereocenters. The van der Waals surface area contributed by atoms with Gasteiger partial charge in [-0.3, -0.25) is 14.7 Å². The van der Waals surface area contributed by atoms with E-state index >= 15 is 0 Å². The lowest BCUT2D eigenvalue weighted by molar-refractivity contribution is -0.128. The van der Waals surface area contributed by atoms with Gasteiger partial charge >= 0.3 is 0 Å². The van der Waals surface area contributed by atoms with Crippen molar-refractivity contribution in [3.05, 3.63) is 59.4 Å². The van der Waals surface area contributed by atoms with Gasteiger partial charge in [-0.2, -0.15) is 0 Å². The van der Waals surface area contributed by atoms with E-state index in [4.69, 9.17) is 9.47 Å². The third-order valence-electron chi connectivity index (χ3n) is 4.81. The molecule has 1 fully saturated rings. The van der Waals surface area contributed by atoms with Gasteiger partial charge in [-0.25, -0.2) is 0 Å². The van der Waals surface area contributed by atoms with Crippen molar-refractivity contribution in [3.8, 4) is 5.75 Å². The molecule has 1 atom stereocenters. The highest BCUT2D eigenvalue weighted by Gasteiger charge is 2.28. The van der Waals surface area contributed by atoms with Crippen molar-refractivity contribution in [2.75, 3.05) is 39.5 Å². The first-order valence-electron chi connectivity index (χ1n) is 9.34.